The molecule has 0 radical (unpaired) electrons. The monoisotopic (exact) mass is 322 g/mol. The molecular formula is C21H26N2O. The standard InChI is InChI=1S/C21H26N2O/c1-23(19-15-9-4-10-16-19)20(17-11-5-2-6-12-17)21(24)22-18-13-7-3-8-14-18/h2,4-6,9-12,15-16,18,20H,3,7-8,13-14H2,1H3,(H,22,24)/t20-/m1/s1. The maximum Gasteiger partial charge on any atom is 0.247 e. The lowest BCUT2D eigenvalue weighted by atomic mass is 9.94. The summed E-state index contributed by atoms with van der Waals surface area (Å²) in [6.45, 7) is 0. The van der Waals surface area contributed by atoms with Gasteiger partial charge in [0, 0.05) is 18.8 Å². The van der Waals surface area contributed by atoms with Gasteiger partial charge in [-0.05, 0) is 30.5 Å². The summed E-state index contributed by atoms with van der Waals surface area (Å²) in [6.07, 6.45) is 5.92. The van der Waals surface area contributed by atoms with Gasteiger partial charge in [0.2, 0.25) is 5.91 Å². The summed E-state index contributed by atoms with van der Waals surface area (Å²) in [5, 5.41) is 3.29. The summed E-state index contributed by atoms with van der Waals surface area (Å²) < 4.78 is 0. The first-order valence-corrected chi connectivity index (χ1v) is 8.89. The van der Waals surface area contributed by atoms with E-state index in [1.54, 1.807) is 0 Å². The highest BCUT2D eigenvalue weighted by molar-refractivity contribution is 5.86. The van der Waals surface area contributed by atoms with Crippen LogP contribution in [0.4, 0.5) is 5.69 Å². The van der Waals surface area contributed by atoms with E-state index in [1.807, 2.05) is 67.7 Å². The average molecular weight is 322 g/mol. The quantitative estimate of drug-likeness (QED) is 0.889. The van der Waals surface area contributed by atoms with E-state index in [4.69, 9.17) is 0 Å². The molecule has 3 rings (SSSR count). The van der Waals surface area contributed by atoms with Gasteiger partial charge in [0.1, 0.15) is 6.04 Å². The summed E-state index contributed by atoms with van der Waals surface area (Å²) in [5.41, 5.74) is 2.07. The molecule has 1 N–H and O–H groups in total. The van der Waals surface area contributed by atoms with E-state index < -0.39 is 0 Å². The van der Waals surface area contributed by atoms with Crippen molar-refractivity contribution in [3.05, 3.63) is 66.2 Å². The molecule has 1 aliphatic carbocycles. The molecule has 1 aliphatic rings. The molecule has 3 heteroatoms. The van der Waals surface area contributed by atoms with E-state index in [0.29, 0.717) is 6.04 Å². The van der Waals surface area contributed by atoms with Gasteiger partial charge in [0.05, 0.1) is 0 Å². The molecule has 1 fully saturated rings. The fraction of sp³-hybridized carbons (Fsp3) is 0.381. The van der Waals surface area contributed by atoms with E-state index in [9.17, 15) is 4.79 Å². The molecule has 0 unspecified atom stereocenters. The van der Waals surface area contributed by atoms with Crippen molar-refractivity contribution in [1.29, 1.82) is 0 Å². The van der Waals surface area contributed by atoms with Gasteiger partial charge in [-0.15, -0.1) is 0 Å². The maximum atomic E-state index is 13.1. The summed E-state index contributed by atoms with van der Waals surface area (Å²) in [6, 6.07) is 20.2. The third-order valence-electron chi connectivity index (χ3n) is 4.87. The molecule has 126 valence electrons. The largest absolute Gasteiger partial charge is 0.359 e. The topological polar surface area (TPSA) is 32.3 Å². The Balaban J connectivity index is 1.83. The first kappa shape index (κ1) is 16.6. The lowest BCUT2D eigenvalue weighted by Gasteiger charge is -2.32. The summed E-state index contributed by atoms with van der Waals surface area (Å²) in [4.78, 5) is 15.1. The van der Waals surface area contributed by atoms with Crippen LogP contribution in [-0.2, 0) is 4.79 Å². The molecule has 24 heavy (non-hydrogen) atoms. The second kappa shape index (κ2) is 8.00. The van der Waals surface area contributed by atoms with Gasteiger partial charge in [0.25, 0.3) is 0 Å². The molecule has 0 heterocycles. The van der Waals surface area contributed by atoms with Crippen LogP contribution in [0.15, 0.2) is 60.7 Å². The van der Waals surface area contributed by atoms with Crippen LogP contribution < -0.4 is 10.2 Å². The summed E-state index contributed by atoms with van der Waals surface area (Å²) in [5.74, 6) is 0.0967. The van der Waals surface area contributed by atoms with Crippen LogP contribution in [0.2, 0.25) is 0 Å². The molecule has 1 saturated carbocycles. The second-order valence-corrected chi connectivity index (χ2v) is 6.60. The number of hydrogen-bond donors (Lipinski definition) is 1. The first-order valence-electron chi connectivity index (χ1n) is 8.89. The molecule has 2 aromatic rings. The number of nitrogens with one attached hydrogen (secondary N) is 1. The second-order valence-electron chi connectivity index (χ2n) is 6.60. The highest BCUT2D eigenvalue weighted by Gasteiger charge is 2.27. The van der Waals surface area contributed by atoms with Crippen LogP contribution >= 0.6 is 0 Å². The van der Waals surface area contributed by atoms with Crippen molar-refractivity contribution in [2.45, 2.75) is 44.2 Å². The van der Waals surface area contributed by atoms with Crippen molar-refractivity contribution < 1.29 is 4.79 Å². The third kappa shape index (κ3) is 3.97. The lowest BCUT2D eigenvalue weighted by molar-refractivity contribution is -0.123. The van der Waals surface area contributed by atoms with Crippen LogP contribution in [0.5, 0.6) is 0 Å². The fourth-order valence-corrected chi connectivity index (χ4v) is 3.53. The molecule has 1 amide bonds. The minimum absolute atomic E-state index is 0.0967. The Kier molecular flexibility index (Phi) is 5.52. The van der Waals surface area contributed by atoms with E-state index >= 15 is 0 Å². The number of anilines is 1. The molecule has 1 atom stereocenters. The van der Waals surface area contributed by atoms with Gasteiger partial charge in [-0.3, -0.25) is 4.79 Å². The van der Waals surface area contributed by atoms with Crippen LogP contribution in [0.1, 0.15) is 43.7 Å². The Labute approximate surface area is 144 Å². The van der Waals surface area contributed by atoms with Crippen molar-refractivity contribution in [3.63, 3.8) is 0 Å². The molecule has 0 spiro atoms. The Morgan fingerprint density at radius 2 is 1.54 bits per heavy atom. The van der Waals surface area contributed by atoms with Crippen LogP contribution in [0.25, 0.3) is 0 Å². The smallest absolute Gasteiger partial charge is 0.247 e. The van der Waals surface area contributed by atoms with Gasteiger partial charge in [-0.2, -0.15) is 0 Å². The number of benzene rings is 2. The van der Waals surface area contributed by atoms with Crippen LogP contribution in [0.3, 0.4) is 0 Å². The Bertz CT molecular complexity index is 635. The number of hydrogen-bond acceptors (Lipinski definition) is 2. The molecular weight excluding hydrogens is 296 g/mol. The average Bonchev–Trinajstić information content (AvgIpc) is 2.64. The molecule has 0 aromatic heterocycles. The number of amides is 1. The Hall–Kier alpha value is -2.29. The summed E-state index contributed by atoms with van der Waals surface area (Å²) >= 11 is 0. The SMILES string of the molecule is CN(c1ccccc1)[C@@H](C(=O)NC1CCCCC1)c1ccccc1. The Morgan fingerprint density at radius 3 is 2.17 bits per heavy atom. The van der Waals surface area contributed by atoms with Crippen molar-refractivity contribution >= 4 is 11.6 Å². The molecule has 0 saturated heterocycles. The minimum atomic E-state index is -0.310. The van der Waals surface area contributed by atoms with Crippen LogP contribution in [-0.4, -0.2) is 19.0 Å². The first-order chi connectivity index (χ1) is 11.8. The maximum absolute atomic E-state index is 13.1. The normalized spacial score (nSPS) is 16.4. The van der Waals surface area contributed by atoms with Gasteiger partial charge in [-0.25, -0.2) is 0 Å². The van der Waals surface area contributed by atoms with E-state index in [1.165, 1.54) is 19.3 Å². The molecule has 0 bridgehead atoms. The van der Waals surface area contributed by atoms with E-state index in [-0.39, 0.29) is 11.9 Å². The Morgan fingerprint density at radius 1 is 0.958 bits per heavy atom. The lowest BCUT2D eigenvalue weighted by Crippen LogP contribution is -2.44. The van der Waals surface area contributed by atoms with Crippen molar-refractivity contribution in [3.8, 4) is 0 Å². The van der Waals surface area contributed by atoms with Crippen molar-refractivity contribution in [2.24, 2.45) is 0 Å². The highest BCUT2D eigenvalue weighted by atomic mass is 16.2. The fourth-order valence-electron chi connectivity index (χ4n) is 3.53. The molecule has 0 aliphatic heterocycles. The van der Waals surface area contributed by atoms with Crippen molar-refractivity contribution in [2.75, 3.05) is 11.9 Å². The van der Waals surface area contributed by atoms with Crippen molar-refractivity contribution in [1.82, 2.24) is 5.32 Å². The minimum Gasteiger partial charge on any atom is -0.359 e. The van der Waals surface area contributed by atoms with Crippen LogP contribution in [0, 0.1) is 0 Å². The molecule has 3 nitrogen and oxygen atoms in total. The number of likely N-dealkylation sites (N-methyl/N-ethyl adjacent to an activating group) is 1. The van der Waals surface area contributed by atoms with Gasteiger partial charge in [0.15, 0.2) is 0 Å². The van der Waals surface area contributed by atoms with Gasteiger partial charge < -0.3 is 10.2 Å². The number of para-hydroxylation sites is 1. The zero-order valence-corrected chi connectivity index (χ0v) is 14.3. The number of carbonyl (C=O) groups is 1. The van der Waals surface area contributed by atoms with E-state index in [0.717, 1.165) is 24.1 Å². The predicted molar refractivity (Wildman–Crippen MR) is 99.0 cm³/mol. The number of rotatable bonds is 5. The zero-order chi connectivity index (χ0) is 16.8. The highest BCUT2D eigenvalue weighted by Crippen LogP contribution is 2.27. The third-order valence-corrected chi connectivity index (χ3v) is 4.87. The number of nitrogens with zero attached hydrogens (tertiary/aromatic N) is 1. The van der Waals surface area contributed by atoms with Gasteiger partial charge >= 0.3 is 0 Å². The van der Waals surface area contributed by atoms with E-state index in [2.05, 4.69) is 10.2 Å². The summed E-state index contributed by atoms with van der Waals surface area (Å²) in [7, 11) is 1.99. The van der Waals surface area contributed by atoms with Gasteiger partial charge in [-0.1, -0.05) is 67.8 Å². The predicted octanol–water partition coefficient (Wildman–Crippen LogP) is 4.31. The number of carbonyl (C=O) groups excluding carboxylic acids is 1. The zero-order valence-electron chi connectivity index (χ0n) is 14.3. The molecule has 2 aromatic carbocycles.